The summed E-state index contributed by atoms with van der Waals surface area (Å²) >= 11 is 0. The van der Waals surface area contributed by atoms with Gasteiger partial charge in [0, 0.05) is 30.0 Å². The van der Waals surface area contributed by atoms with E-state index in [1.165, 1.54) is 0 Å². The van der Waals surface area contributed by atoms with Crippen molar-refractivity contribution >= 4 is 22.4 Å². The number of nitrogens with one attached hydrogen (secondary N) is 1. The van der Waals surface area contributed by atoms with Crippen molar-refractivity contribution in [1.82, 2.24) is 19.9 Å². The molecule has 0 atom stereocenters. The highest BCUT2D eigenvalue weighted by Gasteiger charge is 2.07. The molecule has 2 aromatic heterocycles. The van der Waals surface area contributed by atoms with Crippen LogP contribution >= 0.6 is 0 Å². The van der Waals surface area contributed by atoms with Crippen LogP contribution in [0.4, 0.5) is 11.5 Å². The van der Waals surface area contributed by atoms with E-state index in [0.717, 1.165) is 34.5 Å². The van der Waals surface area contributed by atoms with Crippen molar-refractivity contribution in [2.24, 2.45) is 0 Å². The van der Waals surface area contributed by atoms with Crippen LogP contribution in [0.2, 0.25) is 0 Å². The standard InChI is InChI=1S/C20H18N6O/c21-15-5-6-17-16(11-15)20(26-13-25-17)24-8-7-14-3-1-2-4-18(14)27-19-12-22-9-10-23-19/h1-6,9-13H,7-8,21H2,(H,24,25,26). The third kappa shape index (κ3) is 3.92. The predicted octanol–water partition coefficient (Wildman–Crippen LogP) is 3.45. The average Bonchev–Trinajstić information content (AvgIpc) is 2.70. The summed E-state index contributed by atoms with van der Waals surface area (Å²) in [6.45, 7) is 0.682. The summed E-state index contributed by atoms with van der Waals surface area (Å²) in [4.78, 5) is 16.8. The maximum atomic E-state index is 5.89. The highest BCUT2D eigenvalue weighted by atomic mass is 16.5. The minimum absolute atomic E-state index is 0.468. The van der Waals surface area contributed by atoms with Gasteiger partial charge in [-0.3, -0.25) is 4.98 Å². The number of benzene rings is 2. The quantitative estimate of drug-likeness (QED) is 0.509. The molecule has 134 valence electrons. The Bertz CT molecular complexity index is 1050. The number of anilines is 2. The van der Waals surface area contributed by atoms with Crippen LogP contribution in [0.25, 0.3) is 10.9 Å². The van der Waals surface area contributed by atoms with Crippen molar-refractivity contribution in [2.45, 2.75) is 6.42 Å². The van der Waals surface area contributed by atoms with Crippen molar-refractivity contribution in [3.8, 4) is 11.6 Å². The molecule has 0 aliphatic heterocycles. The van der Waals surface area contributed by atoms with E-state index in [1.807, 2.05) is 42.5 Å². The number of nitrogens with two attached hydrogens (primary N) is 1. The van der Waals surface area contributed by atoms with Crippen LogP contribution in [-0.4, -0.2) is 26.5 Å². The average molecular weight is 358 g/mol. The van der Waals surface area contributed by atoms with Crippen LogP contribution in [0, 0.1) is 0 Å². The Labute approximate surface area is 156 Å². The Balaban J connectivity index is 1.48. The van der Waals surface area contributed by atoms with Gasteiger partial charge in [-0.1, -0.05) is 18.2 Å². The number of nitrogen functional groups attached to an aromatic ring is 1. The van der Waals surface area contributed by atoms with Crippen LogP contribution in [-0.2, 0) is 6.42 Å². The Morgan fingerprint density at radius 1 is 1.00 bits per heavy atom. The summed E-state index contributed by atoms with van der Waals surface area (Å²) < 4.78 is 5.85. The zero-order valence-electron chi connectivity index (χ0n) is 14.5. The molecule has 4 rings (SSSR count). The first-order valence-corrected chi connectivity index (χ1v) is 8.55. The number of hydrogen-bond donors (Lipinski definition) is 2. The number of fused-ring (bicyclic) bond motifs is 1. The maximum Gasteiger partial charge on any atom is 0.237 e. The second kappa shape index (κ2) is 7.65. The predicted molar refractivity (Wildman–Crippen MR) is 105 cm³/mol. The molecule has 0 aliphatic carbocycles. The number of nitrogens with zero attached hydrogens (tertiary/aromatic N) is 4. The molecule has 0 aliphatic rings. The van der Waals surface area contributed by atoms with E-state index >= 15 is 0 Å². The Morgan fingerprint density at radius 3 is 2.81 bits per heavy atom. The van der Waals surface area contributed by atoms with Crippen LogP contribution in [0.3, 0.4) is 0 Å². The summed E-state index contributed by atoms with van der Waals surface area (Å²) in [6, 6.07) is 13.5. The lowest BCUT2D eigenvalue weighted by Crippen LogP contribution is -2.08. The van der Waals surface area contributed by atoms with Crippen molar-refractivity contribution in [3.05, 3.63) is 72.9 Å². The minimum atomic E-state index is 0.468. The molecule has 7 nitrogen and oxygen atoms in total. The summed E-state index contributed by atoms with van der Waals surface area (Å²) in [6.07, 6.45) is 7.11. The van der Waals surface area contributed by atoms with Gasteiger partial charge in [0.1, 0.15) is 17.9 Å². The van der Waals surface area contributed by atoms with Gasteiger partial charge in [-0.15, -0.1) is 0 Å². The first-order valence-electron chi connectivity index (χ1n) is 8.55. The third-order valence-electron chi connectivity index (χ3n) is 4.07. The molecule has 0 radical (unpaired) electrons. The molecule has 3 N–H and O–H groups in total. The first-order chi connectivity index (χ1) is 13.3. The van der Waals surface area contributed by atoms with Gasteiger partial charge < -0.3 is 15.8 Å². The van der Waals surface area contributed by atoms with E-state index in [1.54, 1.807) is 24.9 Å². The molecule has 2 heterocycles. The van der Waals surface area contributed by atoms with Gasteiger partial charge in [-0.05, 0) is 36.2 Å². The molecule has 0 amide bonds. The van der Waals surface area contributed by atoms with E-state index in [4.69, 9.17) is 10.5 Å². The fourth-order valence-corrected chi connectivity index (χ4v) is 2.79. The highest BCUT2D eigenvalue weighted by molar-refractivity contribution is 5.91. The van der Waals surface area contributed by atoms with E-state index in [0.29, 0.717) is 18.1 Å². The molecule has 0 unspecified atom stereocenters. The zero-order chi connectivity index (χ0) is 18.5. The van der Waals surface area contributed by atoms with Crippen molar-refractivity contribution in [2.75, 3.05) is 17.6 Å². The lowest BCUT2D eigenvalue weighted by atomic mass is 10.1. The number of hydrogen-bond acceptors (Lipinski definition) is 7. The summed E-state index contributed by atoms with van der Waals surface area (Å²) in [5.41, 5.74) is 8.50. The number of para-hydroxylation sites is 1. The van der Waals surface area contributed by atoms with Gasteiger partial charge in [0.2, 0.25) is 5.88 Å². The van der Waals surface area contributed by atoms with Gasteiger partial charge in [0.05, 0.1) is 11.7 Å². The molecule has 0 saturated carbocycles. The van der Waals surface area contributed by atoms with E-state index in [9.17, 15) is 0 Å². The van der Waals surface area contributed by atoms with Crippen molar-refractivity contribution < 1.29 is 4.74 Å². The van der Waals surface area contributed by atoms with Gasteiger partial charge in [0.15, 0.2) is 0 Å². The van der Waals surface area contributed by atoms with Gasteiger partial charge in [0.25, 0.3) is 0 Å². The van der Waals surface area contributed by atoms with Crippen molar-refractivity contribution in [1.29, 1.82) is 0 Å². The van der Waals surface area contributed by atoms with E-state index in [-0.39, 0.29) is 0 Å². The Hall–Kier alpha value is -3.74. The zero-order valence-corrected chi connectivity index (χ0v) is 14.5. The molecular formula is C20H18N6O. The van der Waals surface area contributed by atoms with Gasteiger partial charge >= 0.3 is 0 Å². The van der Waals surface area contributed by atoms with Gasteiger partial charge in [-0.2, -0.15) is 0 Å². The van der Waals surface area contributed by atoms with E-state index < -0.39 is 0 Å². The lowest BCUT2D eigenvalue weighted by Gasteiger charge is -2.12. The summed E-state index contributed by atoms with van der Waals surface area (Å²) in [5.74, 6) is 1.99. The third-order valence-corrected chi connectivity index (χ3v) is 4.07. The van der Waals surface area contributed by atoms with Crippen LogP contribution in [0.15, 0.2) is 67.4 Å². The SMILES string of the molecule is Nc1ccc2ncnc(NCCc3ccccc3Oc3cnccn3)c2c1. The fraction of sp³-hybridized carbons (Fsp3) is 0.100. The summed E-state index contributed by atoms with van der Waals surface area (Å²) in [5, 5.41) is 4.27. The van der Waals surface area contributed by atoms with E-state index in [2.05, 4.69) is 25.3 Å². The largest absolute Gasteiger partial charge is 0.437 e. The molecule has 27 heavy (non-hydrogen) atoms. The van der Waals surface area contributed by atoms with Gasteiger partial charge in [-0.25, -0.2) is 15.0 Å². The Morgan fingerprint density at radius 2 is 1.93 bits per heavy atom. The van der Waals surface area contributed by atoms with Crippen LogP contribution < -0.4 is 15.8 Å². The monoisotopic (exact) mass is 358 g/mol. The lowest BCUT2D eigenvalue weighted by molar-refractivity contribution is 0.454. The Kier molecular flexibility index (Phi) is 4.74. The second-order valence-electron chi connectivity index (χ2n) is 5.93. The molecule has 0 bridgehead atoms. The topological polar surface area (TPSA) is 98.8 Å². The normalized spacial score (nSPS) is 10.7. The van der Waals surface area contributed by atoms with Crippen LogP contribution in [0.1, 0.15) is 5.56 Å². The van der Waals surface area contributed by atoms with Crippen molar-refractivity contribution in [3.63, 3.8) is 0 Å². The molecule has 0 saturated heterocycles. The highest BCUT2D eigenvalue weighted by Crippen LogP contribution is 2.25. The molecule has 0 fully saturated rings. The van der Waals surface area contributed by atoms with Crippen LogP contribution in [0.5, 0.6) is 11.6 Å². The number of rotatable bonds is 6. The maximum absolute atomic E-state index is 5.89. The minimum Gasteiger partial charge on any atom is -0.437 e. The second-order valence-corrected chi connectivity index (χ2v) is 5.93. The smallest absolute Gasteiger partial charge is 0.237 e. The molecule has 0 spiro atoms. The molecular weight excluding hydrogens is 340 g/mol. The number of aromatic nitrogens is 4. The fourth-order valence-electron chi connectivity index (χ4n) is 2.79. The summed E-state index contributed by atoms with van der Waals surface area (Å²) in [7, 11) is 0. The first kappa shape index (κ1) is 16.7. The molecule has 2 aromatic carbocycles. The molecule has 7 heteroatoms. The molecule has 4 aromatic rings. The number of ether oxygens (including phenoxy) is 1.